The zero-order chi connectivity index (χ0) is 19.4. The molecule has 146 valence electrons. The van der Waals surface area contributed by atoms with Crippen molar-refractivity contribution in [3.05, 3.63) is 18.2 Å². The van der Waals surface area contributed by atoms with E-state index >= 15 is 0 Å². The summed E-state index contributed by atoms with van der Waals surface area (Å²) in [5.74, 6) is 1.06. The van der Waals surface area contributed by atoms with Crippen LogP contribution in [0.5, 0.6) is 11.5 Å². The van der Waals surface area contributed by atoms with Crippen molar-refractivity contribution >= 4 is 21.6 Å². The Labute approximate surface area is 155 Å². The average Bonchev–Trinajstić information content (AvgIpc) is 2.57. The molecule has 1 amide bonds. The van der Waals surface area contributed by atoms with E-state index in [2.05, 4.69) is 5.32 Å². The van der Waals surface area contributed by atoms with Gasteiger partial charge in [-0.15, -0.1) is 0 Å². The molecule has 1 heterocycles. The third-order valence-electron chi connectivity index (χ3n) is 4.34. The Morgan fingerprint density at radius 2 is 1.88 bits per heavy atom. The SMILES string of the molecule is CCC(C)(C)NC(=O)CCCN(c1ccc2c(c1)OCCO2)S(C)(=O)=O. The van der Waals surface area contributed by atoms with Gasteiger partial charge in [0.2, 0.25) is 15.9 Å². The second kappa shape index (κ2) is 8.16. The normalized spacial score (nSPS) is 14.0. The Hall–Kier alpha value is -1.96. The van der Waals surface area contributed by atoms with E-state index in [1.807, 2.05) is 20.8 Å². The van der Waals surface area contributed by atoms with Crippen LogP contribution >= 0.6 is 0 Å². The van der Waals surface area contributed by atoms with Gasteiger partial charge >= 0.3 is 0 Å². The van der Waals surface area contributed by atoms with E-state index in [0.717, 1.165) is 12.7 Å². The van der Waals surface area contributed by atoms with Gasteiger partial charge in [-0.05, 0) is 38.8 Å². The maximum absolute atomic E-state index is 12.2. The molecular formula is C18H28N2O5S. The van der Waals surface area contributed by atoms with Crippen molar-refractivity contribution < 1.29 is 22.7 Å². The monoisotopic (exact) mass is 384 g/mol. The highest BCUT2D eigenvalue weighted by atomic mass is 32.2. The Morgan fingerprint density at radius 1 is 1.23 bits per heavy atom. The van der Waals surface area contributed by atoms with Crippen molar-refractivity contribution in [2.24, 2.45) is 0 Å². The molecule has 1 N–H and O–H groups in total. The van der Waals surface area contributed by atoms with Crippen LogP contribution in [0.1, 0.15) is 40.0 Å². The lowest BCUT2D eigenvalue weighted by Gasteiger charge is -2.26. The van der Waals surface area contributed by atoms with Gasteiger partial charge in [-0.3, -0.25) is 9.10 Å². The molecule has 7 nitrogen and oxygen atoms in total. The first-order valence-corrected chi connectivity index (χ1v) is 10.7. The summed E-state index contributed by atoms with van der Waals surface area (Å²) in [6, 6.07) is 5.06. The maximum Gasteiger partial charge on any atom is 0.232 e. The Balaban J connectivity index is 2.04. The smallest absolute Gasteiger partial charge is 0.232 e. The summed E-state index contributed by atoms with van der Waals surface area (Å²) >= 11 is 0. The number of benzene rings is 1. The molecule has 26 heavy (non-hydrogen) atoms. The zero-order valence-corrected chi connectivity index (χ0v) is 16.7. The molecule has 0 spiro atoms. The number of anilines is 1. The molecule has 0 atom stereocenters. The Bertz CT molecular complexity index is 746. The fraction of sp³-hybridized carbons (Fsp3) is 0.611. The first kappa shape index (κ1) is 20.4. The van der Waals surface area contributed by atoms with E-state index in [1.54, 1.807) is 18.2 Å². The lowest BCUT2D eigenvalue weighted by Crippen LogP contribution is -2.43. The van der Waals surface area contributed by atoms with Crippen LogP contribution in [0.3, 0.4) is 0 Å². The number of ether oxygens (including phenoxy) is 2. The van der Waals surface area contributed by atoms with Crippen molar-refractivity contribution in [2.45, 2.75) is 45.6 Å². The quantitative estimate of drug-likeness (QED) is 0.743. The maximum atomic E-state index is 12.2. The van der Waals surface area contributed by atoms with E-state index in [4.69, 9.17) is 9.47 Å². The number of nitrogens with zero attached hydrogens (tertiary/aromatic N) is 1. The second-order valence-electron chi connectivity index (χ2n) is 7.05. The Morgan fingerprint density at radius 3 is 2.50 bits per heavy atom. The highest BCUT2D eigenvalue weighted by molar-refractivity contribution is 7.92. The summed E-state index contributed by atoms with van der Waals surface area (Å²) in [6.45, 7) is 7.06. The van der Waals surface area contributed by atoms with Crippen LogP contribution in [-0.4, -0.2) is 45.9 Å². The lowest BCUT2D eigenvalue weighted by atomic mass is 10.0. The number of fused-ring (bicyclic) bond motifs is 1. The van der Waals surface area contributed by atoms with Gasteiger partial charge in [0, 0.05) is 24.6 Å². The molecule has 0 radical (unpaired) electrons. The predicted octanol–water partition coefficient (Wildman–Crippen LogP) is 2.31. The van der Waals surface area contributed by atoms with Gasteiger partial charge in [0.05, 0.1) is 11.9 Å². The van der Waals surface area contributed by atoms with E-state index in [1.165, 1.54) is 4.31 Å². The zero-order valence-electron chi connectivity index (χ0n) is 15.9. The first-order chi connectivity index (χ1) is 12.1. The van der Waals surface area contributed by atoms with Crippen molar-refractivity contribution in [3.63, 3.8) is 0 Å². The Kier molecular flexibility index (Phi) is 6.39. The van der Waals surface area contributed by atoms with Crippen molar-refractivity contribution in [3.8, 4) is 11.5 Å². The van der Waals surface area contributed by atoms with Gasteiger partial charge in [0.15, 0.2) is 11.5 Å². The van der Waals surface area contributed by atoms with Crippen LogP contribution in [0.15, 0.2) is 18.2 Å². The number of carbonyl (C=O) groups is 1. The standard InChI is InChI=1S/C18H28N2O5S/c1-5-18(2,3)19-17(21)7-6-10-20(26(4,22)23)14-8-9-15-16(13-14)25-12-11-24-15/h8-9,13H,5-7,10-12H2,1-4H3,(H,19,21). The minimum Gasteiger partial charge on any atom is -0.486 e. The van der Waals surface area contributed by atoms with Crippen molar-refractivity contribution in [1.82, 2.24) is 5.32 Å². The molecule has 0 unspecified atom stereocenters. The number of amides is 1. The summed E-state index contributed by atoms with van der Waals surface area (Å²) in [7, 11) is -3.48. The van der Waals surface area contributed by atoms with Crippen LogP contribution in [-0.2, 0) is 14.8 Å². The molecule has 1 aromatic carbocycles. The topological polar surface area (TPSA) is 84.9 Å². The molecular weight excluding hydrogens is 356 g/mol. The summed E-state index contributed by atoms with van der Waals surface area (Å²) in [5, 5.41) is 2.96. The molecule has 0 fully saturated rings. The molecule has 1 aromatic rings. The van der Waals surface area contributed by atoms with Crippen molar-refractivity contribution in [1.29, 1.82) is 0 Å². The minimum atomic E-state index is -3.48. The molecule has 8 heteroatoms. The molecule has 0 saturated heterocycles. The largest absolute Gasteiger partial charge is 0.486 e. The van der Waals surface area contributed by atoms with Gasteiger partial charge in [-0.25, -0.2) is 8.42 Å². The highest BCUT2D eigenvalue weighted by Gasteiger charge is 2.22. The van der Waals surface area contributed by atoms with Gasteiger partial charge in [-0.1, -0.05) is 6.92 Å². The van der Waals surface area contributed by atoms with Crippen molar-refractivity contribution in [2.75, 3.05) is 30.3 Å². The minimum absolute atomic E-state index is 0.0764. The number of sulfonamides is 1. The van der Waals surface area contributed by atoms with Gasteiger partial charge in [0.25, 0.3) is 0 Å². The molecule has 1 aliphatic heterocycles. The second-order valence-corrected chi connectivity index (χ2v) is 8.96. The number of hydrogen-bond donors (Lipinski definition) is 1. The average molecular weight is 384 g/mol. The van der Waals surface area contributed by atoms with E-state index < -0.39 is 10.0 Å². The molecule has 0 bridgehead atoms. The summed E-state index contributed by atoms with van der Waals surface area (Å²) in [4.78, 5) is 12.1. The summed E-state index contributed by atoms with van der Waals surface area (Å²) < 4.78 is 36.7. The van der Waals surface area contributed by atoms with E-state index in [0.29, 0.717) is 36.8 Å². The van der Waals surface area contributed by atoms with Crippen LogP contribution in [0, 0.1) is 0 Å². The van der Waals surface area contributed by atoms with Crippen LogP contribution in [0.25, 0.3) is 0 Å². The van der Waals surface area contributed by atoms with Gasteiger partial charge < -0.3 is 14.8 Å². The molecule has 1 aliphatic rings. The van der Waals surface area contributed by atoms with Crippen LogP contribution < -0.4 is 19.1 Å². The lowest BCUT2D eigenvalue weighted by molar-refractivity contribution is -0.122. The molecule has 0 aromatic heterocycles. The fourth-order valence-electron chi connectivity index (χ4n) is 2.59. The number of carbonyl (C=O) groups excluding carboxylic acids is 1. The fourth-order valence-corrected chi connectivity index (χ4v) is 3.54. The third kappa shape index (κ3) is 5.52. The number of rotatable bonds is 8. The van der Waals surface area contributed by atoms with Crippen LogP contribution in [0.2, 0.25) is 0 Å². The van der Waals surface area contributed by atoms with E-state index in [-0.39, 0.29) is 24.4 Å². The van der Waals surface area contributed by atoms with Gasteiger partial charge in [0.1, 0.15) is 13.2 Å². The predicted molar refractivity (Wildman–Crippen MR) is 101 cm³/mol. The summed E-state index contributed by atoms with van der Waals surface area (Å²) in [5.41, 5.74) is 0.245. The third-order valence-corrected chi connectivity index (χ3v) is 5.53. The molecule has 2 rings (SSSR count). The van der Waals surface area contributed by atoms with Gasteiger partial charge in [-0.2, -0.15) is 0 Å². The highest BCUT2D eigenvalue weighted by Crippen LogP contribution is 2.34. The molecule has 0 aliphatic carbocycles. The first-order valence-electron chi connectivity index (χ1n) is 8.81. The number of hydrogen-bond acceptors (Lipinski definition) is 5. The molecule has 0 saturated carbocycles. The van der Waals surface area contributed by atoms with E-state index in [9.17, 15) is 13.2 Å². The summed E-state index contributed by atoms with van der Waals surface area (Å²) in [6.07, 6.45) is 2.67. The number of nitrogens with one attached hydrogen (secondary N) is 1. The van der Waals surface area contributed by atoms with Crippen LogP contribution in [0.4, 0.5) is 5.69 Å².